The summed E-state index contributed by atoms with van der Waals surface area (Å²) < 4.78 is 5.00. The fourth-order valence-corrected chi connectivity index (χ4v) is 3.59. The van der Waals surface area contributed by atoms with Gasteiger partial charge in [-0.15, -0.1) is 0 Å². The summed E-state index contributed by atoms with van der Waals surface area (Å²) in [6, 6.07) is 10.0. The van der Waals surface area contributed by atoms with Crippen LogP contribution in [-0.4, -0.2) is 30.0 Å². The van der Waals surface area contributed by atoms with Gasteiger partial charge in [-0.1, -0.05) is 18.2 Å². The predicted octanol–water partition coefficient (Wildman–Crippen LogP) is 4.02. The molecule has 0 unspecified atom stereocenters. The molecule has 24 heavy (non-hydrogen) atoms. The van der Waals surface area contributed by atoms with Crippen LogP contribution in [0.25, 0.3) is 10.9 Å². The van der Waals surface area contributed by atoms with Gasteiger partial charge < -0.3 is 4.74 Å². The summed E-state index contributed by atoms with van der Waals surface area (Å²) in [7, 11) is 3.45. The van der Waals surface area contributed by atoms with Crippen LogP contribution in [0.5, 0.6) is 0 Å². The van der Waals surface area contributed by atoms with Crippen LogP contribution in [-0.2, 0) is 17.8 Å². The molecule has 2 heterocycles. The highest BCUT2D eigenvalue weighted by atomic mass is 32.1. The molecule has 0 saturated carbocycles. The summed E-state index contributed by atoms with van der Waals surface area (Å²) in [5.74, 6) is -0.329. The molecule has 4 nitrogen and oxygen atoms in total. The minimum absolute atomic E-state index is 0.329. The van der Waals surface area contributed by atoms with Crippen molar-refractivity contribution in [2.75, 3.05) is 14.2 Å². The fourth-order valence-electron chi connectivity index (χ4n) is 2.93. The monoisotopic (exact) mass is 340 g/mol. The Kier molecular flexibility index (Phi) is 4.92. The first-order chi connectivity index (χ1) is 11.6. The molecule has 0 aliphatic rings. The zero-order valence-electron chi connectivity index (χ0n) is 14.1. The number of thiophene rings is 1. The molecule has 0 radical (unpaired) electrons. The second-order valence-corrected chi connectivity index (χ2v) is 6.65. The first-order valence-corrected chi connectivity index (χ1v) is 8.70. The summed E-state index contributed by atoms with van der Waals surface area (Å²) in [6.07, 6.45) is 0. The quantitative estimate of drug-likeness (QED) is 0.658. The normalized spacial score (nSPS) is 11.2. The number of hydrogen-bond donors (Lipinski definition) is 0. The van der Waals surface area contributed by atoms with Gasteiger partial charge >= 0.3 is 5.97 Å². The summed E-state index contributed by atoms with van der Waals surface area (Å²) in [5.41, 5.74) is 4.43. The SMILES string of the molecule is COC(=O)c1c(CN(C)Cc2ccsc2)nc2ccccc2c1C. The van der Waals surface area contributed by atoms with Gasteiger partial charge in [-0.05, 0) is 48.0 Å². The maximum absolute atomic E-state index is 12.3. The van der Waals surface area contributed by atoms with Gasteiger partial charge in [0.25, 0.3) is 0 Å². The Bertz CT molecular complexity index is 859. The maximum atomic E-state index is 12.3. The van der Waals surface area contributed by atoms with Crippen molar-refractivity contribution in [3.63, 3.8) is 0 Å². The molecule has 0 spiro atoms. The number of nitrogens with zero attached hydrogens (tertiary/aromatic N) is 2. The number of rotatable bonds is 5. The van der Waals surface area contributed by atoms with Gasteiger partial charge in [0.15, 0.2) is 0 Å². The van der Waals surface area contributed by atoms with Crippen molar-refractivity contribution >= 4 is 28.2 Å². The number of hydrogen-bond acceptors (Lipinski definition) is 5. The molecule has 2 aromatic heterocycles. The highest BCUT2D eigenvalue weighted by Gasteiger charge is 2.20. The van der Waals surface area contributed by atoms with E-state index in [2.05, 4.69) is 21.7 Å². The number of esters is 1. The molecule has 0 bridgehead atoms. The van der Waals surface area contributed by atoms with Gasteiger partial charge in [0.05, 0.1) is 23.9 Å². The molecule has 0 aliphatic carbocycles. The smallest absolute Gasteiger partial charge is 0.340 e. The van der Waals surface area contributed by atoms with Crippen LogP contribution < -0.4 is 0 Å². The summed E-state index contributed by atoms with van der Waals surface area (Å²) >= 11 is 1.69. The van der Waals surface area contributed by atoms with E-state index < -0.39 is 0 Å². The summed E-state index contributed by atoms with van der Waals surface area (Å²) in [5, 5.41) is 5.19. The van der Waals surface area contributed by atoms with E-state index in [1.807, 2.05) is 38.2 Å². The van der Waals surface area contributed by atoms with Gasteiger partial charge in [0, 0.05) is 18.5 Å². The average Bonchev–Trinajstić information content (AvgIpc) is 3.07. The van der Waals surface area contributed by atoms with E-state index in [1.165, 1.54) is 12.7 Å². The lowest BCUT2D eigenvalue weighted by Crippen LogP contribution is -2.21. The standard InChI is InChI=1S/C19H20N2O2S/c1-13-15-6-4-5-7-16(15)20-17(18(13)19(22)23-3)11-21(2)10-14-8-9-24-12-14/h4-9,12H,10-11H2,1-3H3. The van der Waals surface area contributed by atoms with Crippen molar-refractivity contribution < 1.29 is 9.53 Å². The topological polar surface area (TPSA) is 42.4 Å². The third-order valence-corrected chi connectivity index (χ3v) is 4.80. The maximum Gasteiger partial charge on any atom is 0.340 e. The van der Waals surface area contributed by atoms with Crippen molar-refractivity contribution in [1.82, 2.24) is 9.88 Å². The Morgan fingerprint density at radius 1 is 1.25 bits per heavy atom. The van der Waals surface area contributed by atoms with Gasteiger partial charge in [-0.2, -0.15) is 11.3 Å². The molecule has 5 heteroatoms. The van der Waals surface area contributed by atoms with Crippen LogP contribution in [0.3, 0.4) is 0 Å². The molecular weight excluding hydrogens is 320 g/mol. The summed E-state index contributed by atoms with van der Waals surface area (Å²) in [4.78, 5) is 19.2. The van der Waals surface area contributed by atoms with E-state index in [-0.39, 0.29) is 5.97 Å². The molecule has 3 rings (SSSR count). The molecule has 0 saturated heterocycles. The first kappa shape index (κ1) is 16.6. The van der Waals surface area contributed by atoms with Crippen molar-refractivity contribution in [2.24, 2.45) is 0 Å². The van der Waals surface area contributed by atoms with Crippen LogP contribution in [0.2, 0.25) is 0 Å². The van der Waals surface area contributed by atoms with Gasteiger partial charge in [0.2, 0.25) is 0 Å². The minimum atomic E-state index is -0.329. The van der Waals surface area contributed by atoms with E-state index in [0.717, 1.165) is 28.7 Å². The van der Waals surface area contributed by atoms with Crippen LogP contribution in [0.15, 0.2) is 41.1 Å². The number of aryl methyl sites for hydroxylation is 1. The number of fused-ring (bicyclic) bond motifs is 1. The van der Waals surface area contributed by atoms with E-state index in [4.69, 9.17) is 9.72 Å². The van der Waals surface area contributed by atoms with Crippen molar-refractivity contribution in [1.29, 1.82) is 0 Å². The number of para-hydroxylation sites is 1. The fraction of sp³-hybridized carbons (Fsp3) is 0.263. The molecule has 0 amide bonds. The number of carbonyl (C=O) groups excluding carboxylic acids is 1. The second-order valence-electron chi connectivity index (χ2n) is 5.87. The number of aromatic nitrogens is 1. The van der Waals surface area contributed by atoms with E-state index in [9.17, 15) is 4.79 Å². The third-order valence-electron chi connectivity index (χ3n) is 4.07. The molecule has 0 fully saturated rings. The highest BCUT2D eigenvalue weighted by Crippen LogP contribution is 2.24. The molecule has 0 atom stereocenters. The number of carbonyl (C=O) groups is 1. The number of methoxy groups -OCH3 is 1. The first-order valence-electron chi connectivity index (χ1n) is 7.76. The predicted molar refractivity (Wildman–Crippen MR) is 97.3 cm³/mol. The largest absolute Gasteiger partial charge is 0.465 e. The van der Waals surface area contributed by atoms with E-state index >= 15 is 0 Å². The highest BCUT2D eigenvalue weighted by molar-refractivity contribution is 7.07. The Labute approximate surface area is 145 Å². The van der Waals surface area contributed by atoms with Crippen LogP contribution in [0, 0.1) is 6.92 Å². The van der Waals surface area contributed by atoms with Crippen LogP contribution in [0.4, 0.5) is 0 Å². The lowest BCUT2D eigenvalue weighted by Gasteiger charge is -2.19. The van der Waals surface area contributed by atoms with Crippen LogP contribution >= 0.6 is 11.3 Å². The molecule has 1 aromatic carbocycles. The van der Waals surface area contributed by atoms with Crippen molar-refractivity contribution in [3.05, 3.63) is 63.5 Å². The molecular formula is C19H20N2O2S. The van der Waals surface area contributed by atoms with E-state index in [1.54, 1.807) is 11.3 Å². The Balaban J connectivity index is 2.00. The van der Waals surface area contributed by atoms with Gasteiger partial charge in [-0.3, -0.25) is 9.88 Å². The van der Waals surface area contributed by atoms with E-state index in [0.29, 0.717) is 12.1 Å². The third kappa shape index (κ3) is 3.32. The minimum Gasteiger partial charge on any atom is -0.465 e. The zero-order valence-corrected chi connectivity index (χ0v) is 14.9. The molecule has 124 valence electrons. The van der Waals surface area contributed by atoms with Crippen molar-refractivity contribution in [3.8, 4) is 0 Å². The Morgan fingerprint density at radius 3 is 2.75 bits per heavy atom. The number of pyridine rings is 1. The molecule has 3 aromatic rings. The Hall–Kier alpha value is -2.24. The second kappa shape index (κ2) is 7.11. The molecule has 0 N–H and O–H groups in total. The molecule has 0 aliphatic heterocycles. The Morgan fingerprint density at radius 2 is 2.04 bits per heavy atom. The van der Waals surface area contributed by atoms with Crippen molar-refractivity contribution in [2.45, 2.75) is 20.0 Å². The zero-order chi connectivity index (χ0) is 17.1. The lowest BCUT2D eigenvalue weighted by atomic mass is 10.0. The number of benzene rings is 1. The van der Waals surface area contributed by atoms with Crippen LogP contribution in [0.1, 0.15) is 27.2 Å². The van der Waals surface area contributed by atoms with Gasteiger partial charge in [-0.25, -0.2) is 4.79 Å². The lowest BCUT2D eigenvalue weighted by molar-refractivity contribution is 0.0597. The number of ether oxygens (including phenoxy) is 1. The summed E-state index contributed by atoms with van der Waals surface area (Å²) in [6.45, 7) is 3.36. The average molecular weight is 340 g/mol. The van der Waals surface area contributed by atoms with Gasteiger partial charge in [0.1, 0.15) is 0 Å².